The Morgan fingerprint density at radius 2 is 1.81 bits per heavy atom. The largest absolute Gasteiger partial charge is 0.507 e. The number of anilines is 1. The fourth-order valence-electron chi connectivity index (χ4n) is 3.69. The molecular formula is C24H22N2O5. The van der Waals surface area contributed by atoms with E-state index in [2.05, 4.69) is 5.16 Å². The van der Waals surface area contributed by atoms with E-state index >= 15 is 0 Å². The highest BCUT2D eigenvalue weighted by atomic mass is 16.5. The van der Waals surface area contributed by atoms with E-state index in [0.717, 1.165) is 12.0 Å². The lowest BCUT2D eigenvalue weighted by Gasteiger charge is -2.23. The van der Waals surface area contributed by atoms with Crippen molar-refractivity contribution in [1.29, 1.82) is 0 Å². The molecule has 2 heterocycles. The molecule has 1 atom stereocenters. The van der Waals surface area contributed by atoms with Crippen molar-refractivity contribution in [2.75, 3.05) is 12.0 Å². The molecule has 7 nitrogen and oxygen atoms in total. The maximum absolute atomic E-state index is 13.0. The highest BCUT2D eigenvalue weighted by Gasteiger charge is 2.48. The summed E-state index contributed by atoms with van der Waals surface area (Å²) < 4.78 is 10.3. The van der Waals surface area contributed by atoms with Gasteiger partial charge in [0.15, 0.2) is 5.82 Å². The average Bonchev–Trinajstić information content (AvgIpc) is 3.34. The molecule has 0 aliphatic carbocycles. The van der Waals surface area contributed by atoms with Gasteiger partial charge in [0.05, 0.1) is 18.7 Å². The highest BCUT2D eigenvalue weighted by molar-refractivity contribution is 6.51. The standard InChI is InChI=1S/C24H22N2O5/c1-4-15-5-7-16(8-6-15)21-20(22(27)17-9-11-18(30-3)12-10-17)23(28)24(29)26(21)19-13-14(2)31-25-19/h5-13,21,27H,4H2,1-3H3/b22-20+/t21-/m1/s1. The number of Topliss-reactive ketones (excluding diaryl/α,β-unsaturated/α-hetero) is 1. The van der Waals surface area contributed by atoms with Crippen LogP contribution in [0.5, 0.6) is 5.75 Å². The number of hydrogen-bond acceptors (Lipinski definition) is 6. The quantitative estimate of drug-likeness (QED) is 0.380. The minimum atomic E-state index is -0.836. The zero-order valence-electron chi connectivity index (χ0n) is 17.5. The number of hydrogen-bond donors (Lipinski definition) is 1. The first-order valence-electron chi connectivity index (χ1n) is 9.92. The molecule has 3 aromatic rings. The van der Waals surface area contributed by atoms with Crippen LogP contribution in [0.15, 0.2) is 64.7 Å². The molecule has 0 radical (unpaired) electrons. The second kappa shape index (κ2) is 8.10. The number of benzene rings is 2. The first-order chi connectivity index (χ1) is 14.9. The Balaban J connectivity index is 1.90. The van der Waals surface area contributed by atoms with E-state index in [4.69, 9.17) is 9.26 Å². The minimum Gasteiger partial charge on any atom is -0.507 e. The second-order valence-electron chi connectivity index (χ2n) is 7.29. The summed E-state index contributed by atoms with van der Waals surface area (Å²) in [6.07, 6.45) is 0.856. The van der Waals surface area contributed by atoms with Gasteiger partial charge in [0.25, 0.3) is 5.78 Å². The van der Waals surface area contributed by atoms with E-state index in [1.807, 2.05) is 31.2 Å². The third-order valence-corrected chi connectivity index (χ3v) is 5.37. The molecule has 0 spiro atoms. The molecule has 0 bridgehead atoms. The van der Waals surface area contributed by atoms with Gasteiger partial charge < -0.3 is 14.4 Å². The van der Waals surface area contributed by atoms with Gasteiger partial charge in [-0.1, -0.05) is 36.3 Å². The summed E-state index contributed by atoms with van der Waals surface area (Å²) in [7, 11) is 1.54. The van der Waals surface area contributed by atoms with Crippen molar-refractivity contribution in [1.82, 2.24) is 5.16 Å². The van der Waals surface area contributed by atoms with E-state index in [0.29, 0.717) is 22.6 Å². The molecule has 1 saturated heterocycles. The number of carbonyl (C=O) groups is 2. The minimum absolute atomic E-state index is 0.0000633. The number of aliphatic hydroxyl groups is 1. The van der Waals surface area contributed by atoms with Gasteiger partial charge in [-0.2, -0.15) is 0 Å². The van der Waals surface area contributed by atoms with Crippen LogP contribution in [0.4, 0.5) is 5.82 Å². The van der Waals surface area contributed by atoms with Crippen molar-refractivity contribution in [2.24, 2.45) is 0 Å². The molecule has 7 heteroatoms. The Morgan fingerprint density at radius 1 is 1.13 bits per heavy atom. The molecular weight excluding hydrogens is 396 g/mol. The Bertz CT molecular complexity index is 1160. The van der Waals surface area contributed by atoms with Crippen LogP contribution in [0.2, 0.25) is 0 Å². The predicted molar refractivity (Wildman–Crippen MR) is 115 cm³/mol. The van der Waals surface area contributed by atoms with Crippen molar-refractivity contribution in [2.45, 2.75) is 26.3 Å². The molecule has 2 aromatic carbocycles. The first-order valence-corrected chi connectivity index (χ1v) is 9.92. The van der Waals surface area contributed by atoms with Crippen LogP contribution in [0.3, 0.4) is 0 Å². The number of rotatable bonds is 5. The van der Waals surface area contributed by atoms with Crippen molar-refractivity contribution < 1.29 is 24.0 Å². The number of nitrogens with zero attached hydrogens (tertiary/aromatic N) is 2. The van der Waals surface area contributed by atoms with E-state index in [-0.39, 0.29) is 17.2 Å². The summed E-state index contributed by atoms with van der Waals surface area (Å²) in [6, 6.07) is 15.0. The second-order valence-corrected chi connectivity index (χ2v) is 7.29. The molecule has 1 fully saturated rings. The third kappa shape index (κ3) is 3.59. The Morgan fingerprint density at radius 3 is 2.35 bits per heavy atom. The summed E-state index contributed by atoms with van der Waals surface area (Å²) in [4.78, 5) is 27.3. The van der Waals surface area contributed by atoms with Gasteiger partial charge in [0.2, 0.25) is 0 Å². The zero-order valence-corrected chi connectivity index (χ0v) is 17.5. The lowest BCUT2D eigenvalue weighted by atomic mass is 9.94. The van der Waals surface area contributed by atoms with E-state index < -0.39 is 17.7 Å². The lowest BCUT2D eigenvalue weighted by molar-refractivity contribution is -0.132. The monoisotopic (exact) mass is 418 g/mol. The Hall–Kier alpha value is -3.87. The van der Waals surface area contributed by atoms with Gasteiger partial charge in [-0.25, -0.2) is 0 Å². The molecule has 1 aliphatic heterocycles. The highest BCUT2D eigenvalue weighted by Crippen LogP contribution is 2.42. The van der Waals surface area contributed by atoms with Gasteiger partial charge in [-0.05, 0) is 48.7 Å². The summed E-state index contributed by atoms with van der Waals surface area (Å²) >= 11 is 0. The average molecular weight is 418 g/mol. The predicted octanol–water partition coefficient (Wildman–Crippen LogP) is 4.18. The Kier molecular flexibility index (Phi) is 5.33. The van der Waals surface area contributed by atoms with Gasteiger partial charge in [-0.3, -0.25) is 14.5 Å². The molecule has 4 rings (SSSR count). The summed E-state index contributed by atoms with van der Waals surface area (Å²) in [6.45, 7) is 3.75. The molecule has 0 saturated carbocycles. The molecule has 1 amide bonds. The molecule has 1 aromatic heterocycles. The molecule has 158 valence electrons. The number of aliphatic hydroxyl groups excluding tert-OH is 1. The van der Waals surface area contributed by atoms with Crippen LogP contribution < -0.4 is 9.64 Å². The fourth-order valence-corrected chi connectivity index (χ4v) is 3.69. The van der Waals surface area contributed by atoms with Crippen LogP contribution in [-0.4, -0.2) is 29.1 Å². The first kappa shape index (κ1) is 20.4. The normalized spacial score (nSPS) is 17.9. The van der Waals surface area contributed by atoms with Crippen LogP contribution in [0, 0.1) is 6.92 Å². The smallest absolute Gasteiger partial charge is 0.301 e. The number of amides is 1. The maximum Gasteiger partial charge on any atom is 0.301 e. The number of aryl methyl sites for hydroxylation is 2. The van der Waals surface area contributed by atoms with Crippen molar-refractivity contribution >= 4 is 23.3 Å². The van der Waals surface area contributed by atoms with E-state index in [1.54, 1.807) is 44.4 Å². The van der Waals surface area contributed by atoms with Gasteiger partial charge in [-0.15, -0.1) is 0 Å². The van der Waals surface area contributed by atoms with E-state index in [9.17, 15) is 14.7 Å². The van der Waals surface area contributed by atoms with E-state index in [1.165, 1.54) is 4.90 Å². The maximum atomic E-state index is 13.0. The number of carbonyl (C=O) groups excluding carboxylic acids is 2. The number of ether oxygens (including phenoxy) is 1. The van der Waals surface area contributed by atoms with Crippen LogP contribution in [0.1, 0.15) is 35.4 Å². The third-order valence-electron chi connectivity index (χ3n) is 5.37. The van der Waals surface area contributed by atoms with Crippen molar-refractivity contribution in [3.05, 3.63) is 82.6 Å². The number of methoxy groups -OCH3 is 1. The lowest BCUT2D eigenvalue weighted by Crippen LogP contribution is -2.29. The van der Waals surface area contributed by atoms with Crippen molar-refractivity contribution in [3.63, 3.8) is 0 Å². The van der Waals surface area contributed by atoms with Crippen LogP contribution in [0.25, 0.3) is 5.76 Å². The van der Waals surface area contributed by atoms with Gasteiger partial charge in [0, 0.05) is 11.6 Å². The van der Waals surface area contributed by atoms with Crippen molar-refractivity contribution in [3.8, 4) is 5.75 Å². The van der Waals surface area contributed by atoms with Gasteiger partial charge in [0.1, 0.15) is 17.3 Å². The van der Waals surface area contributed by atoms with Crippen LogP contribution in [-0.2, 0) is 16.0 Å². The SMILES string of the molecule is CCc1ccc([C@@H]2/C(=C(\O)c3ccc(OC)cc3)C(=O)C(=O)N2c2cc(C)on2)cc1. The van der Waals surface area contributed by atoms with Crippen LogP contribution >= 0.6 is 0 Å². The number of ketones is 1. The summed E-state index contributed by atoms with van der Waals surface area (Å²) in [5.41, 5.74) is 2.21. The number of aromatic nitrogens is 1. The molecule has 1 N–H and O–H groups in total. The zero-order chi connectivity index (χ0) is 22.1. The fraction of sp³-hybridized carbons (Fsp3) is 0.208. The molecule has 31 heavy (non-hydrogen) atoms. The Labute approximate surface area is 179 Å². The summed E-state index contributed by atoms with van der Waals surface area (Å²) in [5.74, 6) is -0.466. The summed E-state index contributed by atoms with van der Waals surface area (Å²) in [5, 5.41) is 15.0. The van der Waals surface area contributed by atoms with Gasteiger partial charge >= 0.3 is 5.91 Å². The molecule has 1 aliphatic rings. The molecule has 0 unspecified atom stereocenters. The topological polar surface area (TPSA) is 92.9 Å².